The number of carbonyl (C=O) groups is 2. The Balaban J connectivity index is 2.06. The van der Waals surface area contributed by atoms with Crippen LogP contribution < -0.4 is 9.64 Å². The van der Waals surface area contributed by atoms with E-state index >= 15 is 0 Å². The summed E-state index contributed by atoms with van der Waals surface area (Å²) in [6, 6.07) is 9.80. The van der Waals surface area contributed by atoms with Crippen molar-refractivity contribution >= 4 is 40.6 Å². The highest BCUT2D eigenvalue weighted by molar-refractivity contribution is 6.37. The van der Waals surface area contributed by atoms with Crippen molar-refractivity contribution in [2.75, 3.05) is 18.6 Å². The van der Waals surface area contributed by atoms with E-state index in [9.17, 15) is 9.59 Å². The molecule has 3 rings (SSSR count). The molecule has 0 unspecified atom stereocenters. The molecule has 118 valence electrons. The molecule has 0 spiro atoms. The quantitative estimate of drug-likeness (QED) is 0.814. The fourth-order valence-corrected chi connectivity index (χ4v) is 3.07. The van der Waals surface area contributed by atoms with Crippen LogP contribution in [0, 0.1) is 0 Å². The van der Waals surface area contributed by atoms with Crippen LogP contribution in [-0.4, -0.2) is 25.3 Å². The number of hydrogen-bond donors (Lipinski definition) is 0. The van der Waals surface area contributed by atoms with Crippen LogP contribution in [0.15, 0.2) is 36.4 Å². The number of rotatable bonds is 2. The molecule has 2 aromatic rings. The van der Waals surface area contributed by atoms with E-state index in [1.54, 1.807) is 35.2 Å². The molecule has 23 heavy (non-hydrogen) atoms. The van der Waals surface area contributed by atoms with E-state index in [1.165, 1.54) is 13.2 Å². The number of halogens is 2. The molecule has 1 heterocycles. The second-order valence-electron chi connectivity index (χ2n) is 5.14. The third-order valence-electron chi connectivity index (χ3n) is 3.77. The van der Waals surface area contributed by atoms with Gasteiger partial charge in [0.05, 0.1) is 23.4 Å². The minimum atomic E-state index is -0.270. The zero-order chi connectivity index (χ0) is 16.6. The first-order chi connectivity index (χ1) is 11.0. The smallest absolute Gasteiger partial charge is 0.259 e. The van der Waals surface area contributed by atoms with Gasteiger partial charge in [0.25, 0.3) is 5.91 Å². The number of fused-ring (bicyclic) bond motifs is 1. The van der Waals surface area contributed by atoms with Crippen LogP contribution >= 0.6 is 23.2 Å². The molecule has 0 aliphatic carbocycles. The number of amides is 1. The molecule has 0 saturated carbocycles. The maximum Gasteiger partial charge on any atom is 0.259 e. The van der Waals surface area contributed by atoms with Crippen molar-refractivity contribution in [1.29, 1.82) is 0 Å². The molecule has 0 atom stereocenters. The number of nitrogens with zero attached hydrogens (tertiary/aromatic N) is 1. The predicted octanol–water partition coefficient (Wildman–Crippen LogP) is 4.24. The molecule has 1 aliphatic rings. The SMILES string of the molecule is COc1ccc2c(c1)N(C(=O)c1ccc(Cl)cc1Cl)CCC2=O. The van der Waals surface area contributed by atoms with E-state index in [-0.39, 0.29) is 23.1 Å². The average Bonchev–Trinajstić information content (AvgIpc) is 2.54. The minimum absolute atomic E-state index is 0.00825. The first-order valence-electron chi connectivity index (χ1n) is 6.99. The number of hydrogen-bond acceptors (Lipinski definition) is 3. The molecule has 1 aliphatic heterocycles. The summed E-state index contributed by atoms with van der Waals surface area (Å²) in [5.74, 6) is 0.320. The summed E-state index contributed by atoms with van der Waals surface area (Å²) in [5.41, 5.74) is 1.39. The first-order valence-corrected chi connectivity index (χ1v) is 7.75. The molecule has 6 heteroatoms. The Bertz CT molecular complexity index is 804. The molecule has 0 aromatic heterocycles. The van der Waals surface area contributed by atoms with Crippen molar-refractivity contribution in [2.24, 2.45) is 0 Å². The lowest BCUT2D eigenvalue weighted by Crippen LogP contribution is -2.37. The highest BCUT2D eigenvalue weighted by Crippen LogP contribution is 2.33. The number of methoxy groups -OCH3 is 1. The predicted molar refractivity (Wildman–Crippen MR) is 90.1 cm³/mol. The lowest BCUT2D eigenvalue weighted by atomic mass is 9.99. The van der Waals surface area contributed by atoms with E-state index in [1.807, 2.05) is 0 Å². The van der Waals surface area contributed by atoms with Gasteiger partial charge in [-0.3, -0.25) is 9.59 Å². The fourth-order valence-electron chi connectivity index (χ4n) is 2.59. The summed E-state index contributed by atoms with van der Waals surface area (Å²) in [6.45, 7) is 0.302. The molecule has 0 fully saturated rings. The Kier molecular flexibility index (Phi) is 4.28. The second kappa shape index (κ2) is 6.22. The maximum atomic E-state index is 12.8. The van der Waals surface area contributed by atoms with E-state index in [0.29, 0.717) is 34.1 Å². The van der Waals surface area contributed by atoms with Crippen LogP contribution in [0.25, 0.3) is 0 Å². The Hall–Kier alpha value is -2.04. The van der Waals surface area contributed by atoms with Gasteiger partial charge < -0.3 is 9.64 Å². The number of Topliss-reactive ketones (excluding diaryl/α,β-unsaturated/α-hetero) is 1. The van der Waals surface area contributed by atoms with Crippen LogP contribution in [0.5, 0.6) is 5.75 Å². The van der Waals surface area contributed by atoms with Gasteiger partial charge in [-0.2, -0.15) is 0 Å². The van der Waals surface area contributed by atoms with E-state index in [4.69, 9.17) is 27.9 Å². The number of ketones is 1. The van der Waals surface area contributed by atoms with Crippen LogP contribution in [0.2, 0.25) is 10.0 Å². The van der Waals surface area contributed by atoms with Gasteiger partial charge >= 0.3 is 0 Å². The summed E-state index contributed by atoms with van der Waals surface area (Å²) in [6.07, 6.45) is 0.274. The van der Waals surface area contributed by atoms with E-state index in [2.05, 4.69) is 0 Å². The number of ether oxygens (including phenoxy) is 1. The van der Waals surface area contributed by atoms with Crippen LogP contribution in [-0.2, 0) is 0 Å². The maximum absolute atomic E-state index is 12.8. The zero-order valence-corrected chi connectivity index (χ0v) is 13.8. The van der Waals surface area contributed by atoms with Crippen molar-refractivity contribution in [1.82, 2.24) is 0 Å². The Morgan fingerprint density at radius 2 is 1.96 bits per heavy atom. The van der Waals surface area contributed by atoms with Gasteiger partial charge in [-0.15, -0.1) is 0 Å². The highest BCUT2D eigenvalue weighted by atomic mass is 35.5. The topological polar surface area (TPSA) is 46.6 Å². The standard InChI is InChI=1S/C17H13Cl2NO3/c1-23-11-3-5-13-15(9-11)20(7-6-16(13)21)17(22)12-4-2-10(18)8-14(12)19/h2-5,8-9H,6-7H2,1H3. The largest absolute Gasteiger partial charge is 0.497 e. The normalized spacial score (nSPS) is 13.7. The molecule has 0 saturated heterocycles. The van der Waals surface area contributed by atoms with Crippen LogP contribution in [0.1, 0.15) is 27.1 Å². The Morgan fingerprint density at radius 1 is 1.17 bits per heavy atom. The summed E-state index contributed by atoms with van der Waals surface area (Å²) in [7, 11) is 1.54. The highest BCUT2D eigenvalue weighted by Gasteiger charge is 2.29. The monoisotopic (exact) mass is 349 g/mol. The molecule has 1 amide bonds. The van der Waals surface area contributed by atoms with Crippen LogP contribution in [0.3, 0.4) is 0 Å². The molecule has 2 aromatic carbocycles. The molecular formula is C17H13Cl2NO3. The summed E-state index contributed by atoms with van der Waals surface area (Å²) in [4.78, 5) is 26.5. The van der Waals surface area contributed by atoms with Crippen molar-refractivity contribution in [2.45, 2.75) is 6.42 Å². The summed E-state index contributed by atoms with van der Waals surface area (Å²) >= 11 is 12.0. The zero-order valence-electron chi connectivity index (χ0n) is 12.3. The van der Waals surface area contributed by atoms with Crippen molar-refractivity contribution in [3.8, 4) is 5.75 Å². The van der Waals surface area contributed by atoms with Crippen molar-refractivity contribution < 1.29 is 14.3 Å². The van der Waals surface area contributed by atoms with Crippen molar-refractivity contribution in [3.05, 3.63) is 57.6 Å². The van der Waals surface area contributed by atoms with E-state index < -0.39 is 0 Å². The Morgan fingerprint density at radius 3 is 2.65 bits per heavy atom. The van der Waals surface area contributed by atoms with E-state index in [0.717, 1.165) is 0 Å². The number of anilines is 1. The lowest BCUT2D eigenvalue weighted by molar-refractivity contribution is 0.0955. The van der Waals surface area contributed by atoms with Gasteiger partial charge in [-0.05, 0) is 30.3 Å². The van der Waals surface area contributed by atoms with Gasteiger partial charge in [0.15, 0.2) is 5.78 Å². The summed E-state index contributed by atoms with van der Waals surface area (Å²) < 4.78 is 5.20. The van der Waals surface area contributed by atoms with Crippen LogP contribution in [0.4, 0.5) is 5.69 Å². The summed E-state index contributed by atoms with van der Waals surface area (Å²) in [5, 5.41) is 0.742. The lowest BCUT2D eigenvalue weighted by Gasteiger charge is -2.29. The Labute approximate surface area is 143 Å². The molecular weight excluding hydrogens is 337 g/mol. The fraction of sp³-hybridized carbons (Fsp3) is 0.176. The molecule has 0 radical (unpaired) electrons. The number of carbonyl (C=O) groups excluding carboxylic acids is 2. The van der Waals surface area contributed by atoms with Gasteiger partial charge in [-0.1, -0.05) is 23.2 Å². The van der Waals surface area contributed by atoms with Gasteiger partial charge in [0.2, 0.25) is 0 Å². The van der Waals surface area contributed by atoms with Crippen molar-refractivity contribution in [3.63, 3.8) is 0 Å². The van der Waals surface area contributed by atoms with Gasteiger partial charge in [0, 0.05) is 29.6 Å². The number of benzene rings is 2. The average molecular weight is 350 g/mol. The first kappa shape index (κ1) is 15.8. The molecule has 0 bridgehead atoms. The molecule has 4 nitrogen and oxygen atoms in total. The molecule has 0 N–H and O–H groups in total. The second-order valence-corrected chi connectivity index (χ2v) is 5.98. The van der Waals surface area contributed by atoms with Gasteiger partial charge in [-0.25, -0.2) is 0 Å². The third kappa shape index (κ3) is 2.92. The minimum Gasteiger partial charge on any atom is -0.497 e. The third-order valence-corrected chi connectivity index (χ3v) is 4.31. The van der Waals surface area contributed by atoms with Gasteiger partial charge in [0.1, 0.15) is 5.75 Å².